The lowest BCUT2D eigenvalue weighted by molar-refractivity contribution is -0.133. The highest BCUT2D eigenvalue weighted by Crippen LogP contribution is 2.35. The van der Waals surface area contributed by atoms with Crippen LogP contribution in [0.4, 0.5) is 0 Å². The van der Waals surface area contributed by atoms with Crippen molar-refractivity contribution >= 4 is 5.91 Å². The first-order valence-corrected chi connectivity index (χ1v) is 9.44. The van der Waals surface area contributed by atoms with Crippen LogP contribution in [0.3, 0.4) is 0 Å². The van der Waals surface area contributed by atoms with Gasteiger partial charge in [-0.1, -0.05) is 0 Å². The summed E-state index contributed by atoms with van der Waals surface area (Å²) in [6.45, 7) is 3.91. The summed E-state index contributed by atoms with van der Waals surface area (Å²) in [7, 11) is 0. The van der Waals surface area contributed by atoms with E-state index in [0.717, 1.165) is 11.3 Å². The van der Waals surface area contributed by atoms with Crippen LogP contribution < -0.4 is 25.1 Å². The Bertz CT molecular complexity index is 817. The molecule has 2 aromatic rings. The van der Waals surface area contributed by atoms with Crippen molar-refractivity contribution in [3.05, 3.63) is 48.3 Å². The zero-order valence-electron chi connectivity index (χ0n) is 15.8. The predicted molar refractivity (Wildman–Crippen MR) is 102 cm³/mol. The van der Waals surface area contributed by atoms with E-state index < -0.39 is 0 Å². The number of hydrazine groups is 1. The highest BCUT2D eigenvalue weighted by atomic mass is 16.7. The predicted octanol–water partition coefficient (Wildman–Crippen LogP) is 1.47. The SMILES string of the molecule is CCN(Cc1ccncc1)C(=O)C1CC(COc2ccc3c(c2)OCO3)NN1. The Hall–Kier alpha value is -2.84. The Morgan fingerprint density at radius 1 is 1.21 bits per heavy atom. The topological polar surface area (TPSA) is 85.0 Å². The normalized spacial score (nSPS) is 20.2. The number of fused-ring (bicyclic) bond motifs is 1. The largest absolute Gasteiger partial charge is 0.492 e. The van der Waals surface area contributed by atoms with Gasteiger partial charge in [0.15, 0.2) is 11.5 Å². The van der Waals surface area contributed by atoms with Gasteiger partial charge < -0.3 is 19.1 Å². The molecule has 3 heterocycles. The standard InChI is InChI=1S/C20H24N4O4/c1-2-24(11-14-5-7-21-8-6-14)20(25)17-9-15(22-23-17)12-26-16-3-4-18-19(10-16)28-13-27-18/h3-8,10,15,17,22-23H,2,9,11-13H2,1H3. The van der Waals surface area contributed by atoms with Crippen molar-refractivity contribution in [1.82, 2.24) is 20.7 Å². The van der Waals surface area contributed by atoms with E-state index in [9.17, 15) is 4.79 Å². The average molecular weight is 384 g/mol. The van der Waals surface area contributed by atoms with Crippen molar-refractivity contribution in [3.63, 3.8) is 0 Å². The molecular weight excluding hydrogens is 360 g/mol. The molecule has 1 saturated heterocycles. The first kappa shape index (κ1) is 18.5. The molecule has 0 radical (unpaired) electrons. The number of carbonyl (C=O) groups excluding carboxylic acids is 1. The number of aromatic nitrogens is 1. The smallest absolute Gasteiger partial charge is 0.241 e. The molecule has 28 heavy (non-hydrogen) atoms. The number of pyridine rings is 1. The second kappa shape index (κ2) is 8.45. The highest BCUT2D eigenvalue weighted by Gasteiger charge is 2.32. The fraction of sp³-hybridized carbons (Fsp3) is 0.400. The molecule has 8 heteroatoms. The highest BCUT2D eigenvalue weighted by molar-refractivity contribution is 5.82. The molecule has 1 amide bonds. The maximum absolute atomic E-state index is 12.9. The van der Waals surface area contributed by atoms with Crippen LogP contribution in [0.5, 0.6) is 17.2 Å². The van der Waals surface area contributed by atoms with Crippen molar-refractivity contribution in [2.24, 2.45) is 0 Å². The molecule has 1 aromatic carbocycles. The molecule has 0 bridgehead atoms. The average Bonchev–Trinajstić information content (AvgIpc) is 3.39. The third-order valence-corrected chi connectivity index (χ3v) is 4.89. The molecule has 2 aliphatic rings. The van der Waals surface area contributed by atoms with Crippen molar-refractivity contribution in [3.8, 4) is 17.2 Å². The Kier molecular flexibility index (Phi) is 5.59. The Morgan fingerprint density at radius 2 is 2.04 bits per heavy atom. The van der Waals surface area contributed by atoms with Gasteiger partial charge in [0, 0.05) is 31.5 Å². The number of carbonyl (C=O) groups is 1. The summed E-state index contributed by atoms with van der Waals surface area (Å²) in [6.07, 6.45) is 4.15. The van der Waals surface area contributed by atoms with Gasteiger partial charge >= 0.3 is 0 Å². The van der Waals surface area contributed by atoms with Crippen LogP contribution in [-0.4, -0.2) is 47.8 Å². The number of amides is 1. The summed E-state index contributed by atoms with van der Waals surface area (Å²) in [6, 6.07) is 9.14. The van der Waals surface area contributed by atoms with Gasteiger partial charge in [-0.3, -0.25) is 15.2 Å². The molecule has 2 N–H and O–H groups in total. The number of hydrogen-bond donors (Lipinski definition) is 2. The van der Waals surface area contributed by atoms with Crippen LogP contribution in [0.2, 0.25) is 0 Å². The Balaban J connectivity index is 1.28. The third-order valence-electron chi connectivity index (χ3n) is 4.89. The van der Waals surface area contributed by atoms with E-state index >= 15 is 0 Å². The van der Waals surface area contributed by atoms with Gasteiger partial charge in [0.05, 0.1) is 6.04 Å². The fourth-order valence-electron chi connectivity index (χ4n) is 3.33. The van der Waals surface area contributed by atoms with Crippen LogP contribution in [-0.2, 0) is 11.3 Å². The molecule has 148 valence electrons. The number of benzene rings is 1. The first-order chi connectivity index (χ1) is 13.7. The molecule has 8 nitrogen and oxygen atoms in total. The van der Waals surface area contributed by atoms with Gasteiger partial charge in [-0.25, -0.2) is 5.43 Å². The summed E-state index contributed by atoms with van der Waals surface area (Å²) in [5.41, 5.74) is 7.34. The van der Waals surface area contributed by atoms with Crippen molar-refractivity contribution < 1.29 is 19.0 Å². The summed E-state index contributed by atoms with van der Waals surface area (Å²) >= 11 is 0. The molecule has 0 saturated carbocycles. The number of likely N-dealkylation sites (N-methyl/N-ethyl adjacent to an activating group) is 1. The van der Waals surface area contributed by atoms with Crippen LogP contribution in [0.25, 0.3) is 0 Å². The van der Waals surface area contributed by atoms with E-state index in [1.165, 1.54) is 0 Å². The summed E-state index contributed by atoms with van der Waals surface area (Å²) in [4.78, 5) is 18.7. The van der Waals surface area contributed by atoms with E-state index in [4.69, 9.17) is 14.2 Å². The minimum atomic E-state index is -0.271. The number of nitrogens with one attached hydrogen (secondary N) is 2. The zero-order chi connectivity index (χ0) is 19.3. The monoisotopic (exact) mass is 384 g/mol. The van der Waals surface area contributed by atoms with Crippen molar-refractivity contribution in [1.29, 1.82) is 0 Å². The molecule has 0 spiro atoms. The number of nitrogens with zero attached hydrogens (tertiary/aromatic N) is 2. The lowest BCUT2D eigenvalue weighted by Crippen LogP contribution is -2.45. The lowest BCUT2D eigenvalue weighted by atomic mass is 10.1. The second-order valence-corrected chi connectivity index (χ2v) is 6.81. The van der Waals surface area contributed by atoms with Crippen LogP contribution in [0, 0.1) is 0 Å². The van der Waals surface area contributed by atoms with E-state index in [-0.39, 0.29) is 24.8 Å². The molecule has 2 aliphatic heterocycles. The van der Waals surface area contributed by atoms with Crippen LogP contribution in [0.1, 0.15) is 18.9 Å². The Labute approximate surface area is 163 Å². The van der Waals surface area contributed by atoms with E-state index in [2.05, 4.69) is 15.8 Å². The fourth-order valence-corrected chi connectivity index (χ4v) is 3.33. The molecule has 0 aliphatic carbocycles. The van der Waals surface area contributed by atoms with Crippen LogP contribution >= 0.6 is 0 Å². The minimum absolute atomic E-state index is 0.0407. The van der Waals surface area contributed by atoms with E-state index in [0.29, 0.717) is 37.6 Å². The first-order valence-electron chi connectivity index (χ1n) is 9.44. The summed E-state index contributed by atoms with van der Waals surface area (Å²) in [5.74, 6) is 2.22. The third kappa shape index (κ3) is 4.18. The van der Waals surface area contributed by atoms with Gasteiger partial charge in [0.25, 0.3) is 0 Å². The van der Waals surface area contributed by atoms with Crippen molar-refractivity contribution in [2.45, 2.75) is 32.0 Å². The summed E-state index contributed by atoms with van der Waals surface area (Å²) in [5, 5.41) is 0. The number of rotatable bonds is 7. The maximum atomic E-state index is 12.9. The van der Waals surface area contributed by atoms with E-state index in [1.54, 1.807) is 12.4 Å². The van der Waals surface area contributed by atoms with Gasteiger partial charge in [-0.15, -0.1) is 0 Å². The summed E-state index contributed by atoms with van der Waals surface area (Å²) < 4.78 is 16.5. The quantitative estimate of drug-likeness (QED) is 0.748. The Morgan fingerprint density at radius 3 is 2.86 bits per heavy atom. The lowest BCUT2D eigenvalue weighted by Gasteiger charge is -2.24. The number of hydrogen-bond acceptors (Lipinski definition) is 7. The van der Waals surface area contributed by atoms with Gasteiger partial charge in [0.1, 0.15) is 18.4 Å². The van der Waals surface area contributed by atoms with Gasteiger partial charge in [-0.2, -0.15) is 0 Å². The van der Waals surface area contributed by atoms with Crippen molar-refractivity contribution in [2.75, 3.05) is 19.9 Å². The van der Waals surface area contributed by atoms with E-state index in [1.807, 2.05) is 42.2 Å². The minimum Gasteiger partial charge on any atom is -0.492 e. The number of ether oxygens (including phenoxy) is 3. The maximum Gasteiger partial charge on any atom is 0.241 e. The zero-order valence-corrected chi connectivity index (χ0v) is 15.8. The molecule has 4 rings (SSSR count). The molecule has 1 fully saturated rings. The van der Waals surface area contributed by atoms with Crippen LogP contribution in [0.15, 0.2) is 42.7 Å². The molecular formula is C20H24N4O4. The molecule has 1 aromatic heterocycles. The molecule has 2 unspecified atom stereocenters. The second-order valence-electron chi connectivity index (χ2n) is 6.81. The van der Waals surface area contributed by atoms with Gasteiger partial charge in [-0.05, 0) is 43.2 Å². The van der Waals surface area contributed by atoms with Gasteiger partial charge in [0.2, 0.25) is 12.7 Å². The molecule has 2 atom stereocenters.